The maximum absolute atomic E-state index is 8.18. The van der Waals surface area contributed by atoms with Crippen LogP contribution >= 0.6 is 0 Å². The number of nitriles is 1. The molecule has 3 nitrogen and oxygen atoms in total. The summed E-state index contributed by atoms with van der Waals surface area (Å²) in [5, 5.41) is 8.18. The summed E-state index contributed by atoms with van der Waals surface area (Å²) < 4.78 is 1.81. The molecular formula is C8H7N3. The van der Waals surface area contributed by atoms with Gasteiger partial charge in [0, 0.05) is 19.4 Å². The van der Waals surface area contributed by atoms with Crippen LogP contribution in [-0.2, 0) is 7.05 Å². The molecule has 0 N–H and O–H groups in total. The first-order valence-corrected chi connectivity index (χ1v) is 3.17. The molecule has 0 atom stereocenters. The fourth-order valence-corrected chi connectivity index (χ4v) is 0.649. The lowest BCUT2D eigenvalue weighted by Gasteiger charge is -1.87. The molecule has 0 saturated heterocycles. The van der Waals surface area contributed by atoms with Crippen LogP contribution in [0.4, 0.5) is 0 Å². The predicted molar refractivity (Wildman–Crippen MR) is 40.3 cm³/mol. The summed E-state index contributed by atoms with van der Waals surface area (Å²) in [6.45, 7) is 0. The van der Waals surface area contributed by atoms with Crippen LogP contribution in [0.2, 0.25) is 0 Å². The minimum Gasteiger partial charge on any atom is -0.327 e. The molecule has 0 bridgehead atoms. The Hall–Kier alpha value is -1.74. The van der Waals surface area contributed by atoms with Crippen molar-refractivity contribution in [1.82, 2.24) is 9.55 Å². The number of imidazole rings is 1. The summed E-state index contributed by atoms with van der Waals surface area (Å²) in [6, 6.07) is 1.94. The standard InChI is InChI=1S/C8H7N3/c1-11-7-6-10-8(11)4-2-3-5-9/h6-7H,3H2,1H3. The average molecular weight is 145 g/mol. The molecule has 0 fully saturated rings. The molecular weight excluding hydrogens is 138 g/mol. The molecule has 1 heterocycles. The highest BCUT2D eigenvalue weighted by Gasteiger charge is 1.89. The molecule has 0 radical (unpaired) electrons. The molecule has 0 aliphatic carbocycles. The molecule has 0 unspecified atom stereocenters. The smallest absolute Gasteiger partial charge is 0.185 e. The van der Waals surface area contributed by atoms with Crippen molar-refractivity contribution in [2.24, 2.45) is 7.05 Å². The number of hydrogen-bond acceptors (Lipinski definition) is 2. The zero-order valence-corrected chi connectivity index (χ0v) is 6.20. The normalized spacial score (nSPS) is 8.00. The SMILES string of the molecule is Cn1ccnc1C#CCC#N. The maximum Gasteiger partial charge on any atom is 0.185 e. The molecule has 54 valence electrons. The monoisotopic (exact) mass is 145 g/mol. The Morgan fingerprint density at radius 1 is 1.73 bits per heavy atom. The number of nitrogens with zero attached hydrogens (tertiary/aromatic N) is 3. The van der Waals surface area contributed by atoms with Gasteiger partial charge in [-0.25, -0.2) is 4.98 Å². The van der Waals surface area contributed by atoms with E-state index in [1.807, 2.05) is 23.9 Å². The second-order valence-corrected chi connectivity index (χ2v) is 2.00. The predicted octanol–water partition coefficient (Wildman–Crippen LogP) is 0.685. The fourth-order valence-electron chi connectivity index (χ4n) is 0.649. The molecule has 0 aromatic carbocycles. The van der Waals surface area contributed by atoms with Crippen LogP contribution in [0.5, 0.6) is 0 Å². The Morgan fingerprint density at radius 3 is 3.09 bits per heavy atom. The van der Waals surface area contributed by atoms with Crippen molar-refractivity contribution in [3.63, 3.8) is 0 Å². The van der Waals surface area contributed by atoms with E-state index in [0.29, 0.717) is 5.82 Å². The van der Waals surface area contributed by atoms with Gasteiger partial charge in [0.15, 0.2) is 5.82 Å². The minimum absolute atomic E-state index is 0.257. The van der Waals surface area contributed by atoms with Crippen molar-refractivity contribution >= 4 is 0 Å². The zero-order chi connectivity index (χ0) is 8.10. The van der Waals surface area contributed by atoms with Crippen LogP contribution < -0.4 is 0 Å². The lowest BCUT2D eigenvalue weighted by atomic mass is 10.4. The Bertz CT molecular complexity index is 332. The van der Waals surface area contributed by atoms with Crippen molar-refractivity contribution in [3.8, 4) is 17.9 Å². The zero-order valence-electron chi connectivity index (χ0n) is 6.20. The Labute approximate surface area is 65.3 Å². The lowest BCUT2D eigenvalue weighted by Crippen LogP contribution is -1.89. The number of aryl methyl sites for hydroxylation is 1. The van der Waals surface area contributed by atoms with Crippen molar-refractivity contribution in [2.75, 3.05) is 0 Å². The second-order valence-electron chi connectivity index (χ2n) is 2.00. The molecule has 1 aromatic rings. The first-order valence-electron chi connectivity index (χ1n) is 3.17. The van der Waals surface area contributed by atoms with Gasteiger partial charge in [-0.15, -0.1) is 0 Å². The third-order valence-electron chi connectivity index (χ3n) is 1.19. The third-order valence-corrected chi connectivity index (χ3v) is 1.19. The van der Waals surface area contributed by atoms with Crippen LogP contribution in [0.1, 0.15) is 12.2 Å². The highest BCUT2D eigenvalue weighted by molar-refractivity contribution is 5.22. The topological polar surface area (TPSA) is 41.6 Å². The van der Waals surface area contributed by atoms with Gasteiger partial charge in [-0.1, -0.05) is 5.92 Å². The first kappa shape index (κ1) is 7.37. The van der Waals surface area contributed by atoms with Gasteiger partial charge in [-0.2, -0.15) is 5.26 Å². The quantitative estimate of drug-likeness (QED) is 0.504. The van der Waals surface area contributed by atoms with E-state index < -0.39 is 0 Å². The van der Waals surface area contributed by atoms with Crippen molar-refractivity contribution in [3.05, 3.63) is 18.2 Å². The molecule has 0 spiro atoms. The van der Waals surface area contributed by atoms with E-state index in [0.717, 1.165) is 0 Å². The highest BCUT2D eigenvalue weighted by Crippen LogP contribution is 1.89. The van der Waals surface area contributed by atoms with E-state index in [1.54, 1.807) is 6.20 Å². The number of aromatic nitrogens is 2. The van der Waals surface area contributed by atoms with Gasteiger partial charge in [0.1, 0.15) is 0 Å². The number of hydrogen-bond donors (Lipinski definition) is 0. The summed E-state index contributed by atoms with van der Waals surface area (Å²) in [5.41, 5.74) is 0. The molecule has 1 rings (SSSR count). The van der Waals surface area contributed by atoms with E-state index in [-0.39, 0.29) is 6.42 Å². The maximum atomic E-state index is 8.18. The molecule has 0 amide bonds. The van der Waals surface area contributed by atoms with Crippen LogP contribution in [0.3, 0.4) is 0 Å². The Morgan fingerprint density at radius 2 is 2.55 bits per heavy atom. The second kappa shape index (κ2) is 3.43. The molecule has 0 saturated carbocycles. The van der Waals surface area contributed by atoms with Crippen molar-refractivity contribution in [2.45, 2.75) is 6.42 Å². The molecule has 1 aromatic heterocycles. The van der Waals surface area contributed by atoms with Crippen LogP contribution in [-0.4, -0.2) is 9.55 Å². The summed E-state index contributed by atoms with van der Waals surface area (Å²) in [6.07, 6.45) is 3.75. The Balaban J connectivity index is 2.75. The van der Waals surface area contributed by atoms with Gasteiger partial charge in [-0.3, -0.25) is 0 Å². The minimum atomic E-state index is 0.257. The van der Waals surface area contributed by atoms with Gasteiger partial charge in [0.2, 0.25) is 0 Å². The van der Waals surface area contributed by atoms with E-state index >= 15 is 0 Å². The van der Waals surface area contributed by atoms with Crippen LogP contribution in [0.25, 0.3) is 0 Å². The summed E-state index contributed by atoms with van der Waals surface area (Å²) in [4.78, 5) is 3.97. The average Bonchev–Trinajstić information content (AvgIpc) is 2.37. The van der Waals surface area contributed by atoms with Gasteiger partial charge in [0.05, 0.1) is 12.5 Å². The third kappa shape index (κ3) is 1.84. The number of rotatable bonds is 0. The fraction of sp³-hybridized carbons (Fsp3) is 0.250. The van der Waals surface area contributed by atoms with Crippen LogP contribution in [0, 0.1) is 23.2 Å². The molecule has 0 aliphatic rings. The van der Waals surface area contributed by atoms with E-state index in [1.165, 1.54) is 0 Å². The van der Waals surface area contributed by atoms with Gasteiger partial charge < -0.3 is 4.57 Å². The van der Waals surface area contributed by atoms with Gasteiger partial charge in [0.25, 0.3) is 0 Å². The van der Waals surface area contributed by atoms with Crippen molar-refractivity contribution < 1.29 is 0 Å². The molecule has 11 heavy (non-hydrogen) atoms. The molecule has 0 aliphatic heterocycles. The van der Waals surface area contributed by atoms with Crippen LogP contribution in [0.15, 0.2) is 12.4 Å². The first-order chi connectivity index (χ1) is 5.34. The summed E-state index contributed by atoms with van der Waals surface area (Å²) in [7, 11) is 1.86. The van der Waals surface area contributed by atoms with E-state index in [2.05, 4.69) is 16.8 Å². The summed E-state index contributed by atoms with van der Waals surface area (Å²) in [5.74, 6) is 6.15. The lowest BCUT2D eigenvalue weighted by molar-refractivity contribution is 0.893. The highest BCUT2D eigenvalue weighted by atomic mass is 15.0. The van der Waals surface area contributed by atoms with Crippen molar-refractivity contribution in [1.29, 1.82) is 5.26 Å². The van der Waals surface area contributed by atoms with Gasteiger partial charge >= 0.3 is 0 Å². The molecule has 3 heteroatoms. The van der Waals surface area contributed by atoms with E-state index in [4.69, 9.17) is 5.26 Å². The summed E-state index contributed by atoms with van der Waals surface area (Å²) >= 11 is 0. The van der Waals surface area contributed by atoms with E-state index in [9.17, 15) is 0 Å². The Kier molecular flexibility index (Phi) is 2.30. The largest absolute Gasteiger partial charge is 0.327 e. The van der Waals surface area contributed by atoms with Gasteiger partial charge in [-0.05, 0) is 5.92 Å².